The van der Waals surface area contributed by atoms with Crippen LogP contribution in [0.3, 0.4) is 0 Å². The van der Waals surface area contributed by atoms with Gasteiger partial charge in [0.15, 0.2) is 0 Å². The SMILES string of the molecule is CN1c2ccccc2C(OCCN2CCCCC2)c2cscc2S1(=O)=O.O=C(O)/C=C\C(=O)O. The van der Waals surface area contributed by atoms with Crippen molar-refractivity contribution in [3.63, 3.8) is 0 Å². The summed E-state index contributed by atoms with van der Waals surface area (Å²) in [5.74, 6) is -2.51. The first-order valence-electron chi connectivity index (χ1n) is 10.8. The minimum absolute atomic E-state index is 0.350. The number of anilines is 1. The van der Waals surface area contributed by atoms with E-state index in [4.69, 9.17) is 14.9 Å². The second-order valence-corrected chi connectivity index (χ2v) is 10.6. The molecule has 0 aliphatic carbocycles. The Balaban J connectivity index is 0.000000350. The highest BCUT2D eigenvalue weighted by Gasteiger charge is 2.36. The molecular weight excluding hydrogens is 480 g/mol. The summed E-state index contributed by atoms with van der Waals surface area (Å²) in [6.07, 6.45) is 4.59. The van der Waals surface area contributed by atoms with E-state index < -0.39 is 22.0 Å². The summed E-state index contributed by atoms with van der Waals surface area (Å²) in [5.41, 5.74) is 2.36. The van der Waals surface area contributed by atoms with Crippen molar-refractivity contribution in [1.29, 1.82) is 0 Å². The molecule has 0 amide bonds. The fourth-order valence-electron chi connectivity index (χ4n) is 3.94. The molecule has 1 aromatic carbocycles. The molecule has 2 aromatic rings. The van der Waals surface area contributed by atoms with Gasteiger partial charge in [0.05, 0.1) is 12.3 Å². The number of carboxylic acids is 2. The molecule has 184 valence electrons. The number of likely N-dealkylation sites (tertiary alicyclic amines) is 1. The Morgan fingerprint density at radius 3 is 2.35 bits per heavy atom. The summed E-state index contributed by atoms with van der Waals surface area (Å²) in [6, 6.07) is 7.63. The van der Waals surface area contributed by atoms with Gasteiger partial charge in [-0.1, -0.05) is 24.6 Å². The number of rotatable bonds is 6. The molecule has 0 radical (unpaired) electrons. The standard InChI is InChI=1S/C19H24N2O3S2.C4H4O4/c1-20-17-8-4-3-7-15(17)19(16-13-25-14-18(16)26(20,22)23)24-12-11-21-9-5-2-6-10-21;5-3(6)1-2-4(7)8/h3-4,7-8,13-14,19H,2,5-6,9-12H2,1H3;1-2H,(H,5,6)(H,7,8)/b;2-1-. The second kappa shape index (κ2) is 11.6. The van der Waals surface area contributed by atoms with Gasteiger partial charge in [-0.25, -0.2) is 18.0 Å². The number of hydrogen-bond donors (Lipinski definition) is 2. The summed E-state index contributed by atoms with van der Waals surface area (Å²) < 4.78 is 33.6. The van der Waals surface area contributed by atoms with Crippen molar-refractivity contribution in [3.05, 3.63) is 58.3 Å². The van der Waals surface area contributed by atoms with Crippen molar-refractivity contribution < 1.29 is 33.0 Å². The van der Waals surface area contributed by atoms with Crippen LogP contribution in [-0.2, 0) is 24.3 Å². The second-order valence-electron chi connectivity index (χ2n) is 7.89. The number of hydrogen-bond acceptors (Lipinski definition) is 7. The molecule has 9 nitrogen and oxygen atoms in total. The summed E-state index contributed by atoms with van der Waals surface area (Å²) in [6.45, 7) is 3.75. The monoisotopic (exact) mass is 508 g/mol. The third-order valence-electron chi connectivity index (χ3n) is 5.64. The molecule has 2 aliphatic rings. The highest BCUT2D eigenvalue weighted by molar-refractivity contribution is 7.93. The van der Waals surface area contributed by atoms with E-state index in [1.807, 2.05) is 29.6 Å². The topological polar surface area (TPSA) is 124 Å². The van der Waals surface area contributed by atoms with Gasteiger partial charge in [0.1, 0.15) is 11.0 Å². The van der Waals surface area contributed by atoms with Gasteiger partial charge < -0.3 is 19.8 Å². The molecule has 0 spiro atoms. The lowest BCUT2D eigenvalue weighted by atomic mass is 10.0. The summed E-state index contributed by atoms with van der Waals surface area (Å²) in [5, 5.41) is 19.3. The largest absolute Gasteiger partial charge is 0.478 e. The molecule has 0 saturated carbocycles. The van der Waals surface area contributed by atoms with Crippen molar-refractivity contribution in [2.45, 2.75) is 30.3 Å². The zero-order valence-corrected chi connectivity index (χ0v) is 20.4. The maximum atomic E-state index is 13.0. The molecule has 2 aliphatic heterocycles. The third kappa shape index (κ3) is 6.23. The van der Waals surface area contributed by atoms with E-state index in [1.54, 1.807) is 12.4 Å². The van der Waals surface area contributed by atoms with Gasteiger partial charge in [-0.3, -0.25) is 4.31 Å². The number of fused-ring (bicyclic) bond motifs is 2. The van der Waals surface area contributed by atoms with Gasteiger partial charge in [0.25, 0.3) is 10.0 Å². The predicted octanol–water partition coefficient (Wildman–Crippen LogP) is 3.19. The molecule has 1 unspecified atom stereocenters. The first-order valence-corrected chi connectivity index (χ1v) is 13.2. The van der Waals surface area contributed by atoms with E-state index in [2.05, 4.69) is 4.90 Å². The first-order chi connectivity index (χ1) is 16.2. The van der Waals surface area contributed by atoms with Gasteiger partial charge in [-0.2, -0.15) is 11.3 Å². The number of piperidine rings is 1. The lowest BCUT2D eigenvalue weighted by Crippen LogP contribution is -2.33. The summed E-state index contributed by atoms with van der Waals surface area (Å²) in [7, 11) is -1.94. The Morgan fingerprint density at radius 2 is 1.71 bits per heavy atom. The Morgan fingerprint density at radius 1 is 1.06 bits per heavy atom. The van der Waals surface area contributed by atoms with E-state index in [-0.39, 0.29) is 6.10 Å². The minimum Gasteiger partial charge on any atom is -0.478 e. The average Bonchev–Trinajstić information content (AvgIpc) is 3.30. The molecule has 1 fully saturated rings. The van der Waals surface area contributed by atoms with Gasteiger partial charge in [0, 0.05) is 42.3 Å². The Hall–Kier alpha value is -2.73. The molecule has 1 atom stereocenters. The van der Waals surface area contributed by atoms with Gasteiger partial charge >= 0.3 is 11.9 Å². The Labute approximate surface area is 202 Å². The zero-order valence-electron chi connectivity index (χ0n) is 18.8. The number of nitrogens with zero attached hydrogens (tertiary/aromatic N) is 2. The predicted molar refractivity (Wildman–Crippen MR) is 129 cm³/mol. The molecule has 2 N–H and O–H groups in total. The zero-order chi connectivity index (χ0) is 24.7. The van der Waals surface area contributed by atoms with Crippen molar-refractivity contribution in [2.75, 3.05) is 37.6 Å². The molecule has 1 aromatic heterocycles. The van der Waals surface area contributed by atoms with E-state index in [0.717, 1.165) is 30.8 Å². The molecular formula is C23H28N2O7S2. The van der Waals surface area contributed by atoms with E-state index >= 15 is 0 Å². The van der Waals surface area contributed by atoms with Crippen molar-refractivity contribution >= 4 is 39.0 Å². The number of ether oxygens (including phenoxy) is 1. The molecule has 11 heteroatoms. The number of carbonyl (C=O) groups is 2. The lowest BCUT2D eigenvalue weighted by Gasteiger charge is -2.27. The maximum absolute atomic E-state index is 13.0. The van der Waals surface area contributed by atoms with E-state index in [0.29, 0.717) is 29.3 Å². The van der Waals surface area contributed by atoms with Crippen LogP contribution in [-0.4, -0.2) is 68.8 Å². The normalized spacial score (nSPS) is 19.4. The van der Waals surface area contributed by atoms with E-state index in [9.17, 15) is 18.0 Å². The number of aliphatic carboxylic acids is 2. The third-order valence-corrected chi connectivity index (χ3v) is 8.38. The Bertz CT molecular complexity index is 1120. The van der Waals surface area contributed by atoms with Crippen LogP contribution in [0.5, 0.6) is 0 Å². The van der Waals surface area contributed by atoms with Gasteiger partial charge in [0.2, 0.25) is 0 Å². The molecule has 0 bridgehead atoms. The smallest absolute Gasteiger partial charge is 0.328 e. The van der Waals surface area contributed by atoms with E-state index in [1.165, 1.54) is 34.9 Å². The summed E-state index contributed by atoms with van der Waals surface area (Å²) in [4.78, 5) is 21.9. The number of thiophene rings is 1. The van der Waals surface area contributed by atoms with Gasteiger partial charge in [-0.15, -0.1) is 0 Å². The average molecular weight is 509 g/mol. The van der Waals surface area contributed by atoms with Crippen molar-refractivity contribution in [2.24, 2.45) is 0 Å². The maximum Gasteiger partial charge on any atom is 0.328 e. The fraction of sp³-hybridized carbons (Fsp3) is 0.391. The van der Waals surface area contributed by atoms with Crippen LogP contribution in [0.2, 0.25) is 0 Å². The molecule has 1 saturated heterocycles. The van der Waals surface area contributed by atoms with Crippen molar-refractivity contribution in [1.82, 2.24) is 4.90 Å². The van der Waals surface area contributed by atoms with Crippen LogP contribution in [0.1, 0.15) is 36.5 Å². The number of sulfonamides is 1. The molecule has 4 rings (SSSR count). The summed E-state index contributed by atoms with van der Waals surface area (Å²) >= 11 is 1.41. The number of carboxylic acid groups (broad SMARTS) is 2. The Kier molecular flexibility index (Phi) is 8.84. The van der Waals surface area contributed by atoms with Crippen LogP contribution in [0.4, 0.5) is 5.69 Å². The molecule has 3 heterocycles. The highest BCUT2D eigenvalue weighted by atomic mass is 32.2. The fourth-order valence-corrected chi connectivity index (χ4v) is 6.58. The van der Waals surface area contributed by atoms with Crippen LogP contribution in [0, 0.1) is 0 Å². The number of benzene rings is 1. The number of para-hydroxylation sites is 1. The molecule has 34 heavy (non-hydrogen) atoms. The van der Waals surface area contributed by atoms with Crippen LogP contribution in [0.15, 0.2) is 52.1 Å². The lowest BCUT2D eigenvalue weighted by molar-refractivity contribution is -0.134. The quantitative estimate of drug-likeness (QED) is 0.570. The van der Waals surface area contributed by atoms with Gasteiger partial charge in [-0.05, 0) is 37.4 Å². The minimum atomic E-state index is -3.55. The van der Waals surface area contributed by atoms with Crippen LogP contribution < -0.4 is 4.31 Å². The first kappa shape index (κ1) is 25.9. The van der Waals surface area contributed by atoms with Crippen molar-refractivity contribution in [3.8, 4) is 0 Å². The highest BCUT2D eigenvalue weighted by Crippen LogP contribution is 2.43. The van der Waals surface area contributed by atoms with Crippen LogP contribution >= 0.6 is 11.3 Å². The van der Waals surface area contributed by atoms with Crippen LogP contribution in [0.25, 0.3) is 0 Å².